The summed E-state index contributed by atoms with van der Waals surface area (Å²) < 4.78 is 1.55. The summed E-state index contributed by atoms with van der Waals surface area (Å²) in [6.07, 6.45) is 1.34. The predicted molar refractivity (Wildman–Crippen MR) is 85.1 cm³/mol. The number of rotatable bonds is 6. The molecule has 0 spiro atoms. The molecule has 2 aromatic rings. The Kier molecular flexibility index (Phi) is 5.10. The molecule has 1 aromatic heterocycles. The number of carbonyl (C=O) groups excluding carboxylic acids is 1. The maximum Gasteiger partial charge on any atom is 0.358 e. The molecule has 0 aliphatic rings. The Labute approximate surface area is 134 Å². The maximum absolute atomic E-state index is 11.9. The minimum absolute atomic E-state index is 0.0287. The van der Waals surface area contributed by atoms with Gasteiger partial charge in [0.1, 0.15) is 0 Å². The molecule has 1 aromatic carbocycles. The van der Waals surface area contributed by atoms with Crippen molar-refractivity contribution >= 4 is 11.9 Å². The van der Waals surface area contributed by atoms with Crippen molar-refractivity contribution in [3.05, 3.63) is 40.7 Å². The standard InChI is InChI=1S/C16H20N4O3/c1-4-6-13-14(16(22)23)18-19-20(13)12-8-7-11(9-10(12)3)15(21)17-5-2/h7-9H,4-6H2,1-3H3,(H,17,21)(H,22,23). The van der Waals surface area contributed by atoms with Gasteiger partial charge >= 0.3 is 5.97 Å². The Morgan fingerprint density at radius 2 is 2.04 bits per heavy atom. The second-order valence-electron chi connectivity index (χ2n) is 5.21. The number of carboxylic acid groups (broad SMARTS) is 1. The van der Waals surface area contributed by atoms with Gasteiger partial charge in [-0.1, -0.05) is 18.6 Å². The first-order chi connectivity index (χ1) is 11.0. The molecule has 7 nitrogen and oxygen atoms in total. The van der Waals surface area contributed by atoms with E-state index in [1.807, 2.05) is 20.8 Å². The number of aryl methyl sites for hydroxylation is 1. The monoisotopic (exact) mass is 316 g/mol. The van der Waals surface area contributed by atoms with E-state index >= 15 is 0 Å². The Morgan fingerprint density at radius 1 is 1.30 bits per heavy atom. The first-order valence-corrected chi connectivity index (χ1v) is 7.56. The molecule has 1 heterocycles. The van der Waals surface area contributed by atoms with E-state index in [1.54, 1.807) is 22.9 Å². The molecular formula is C16H20N4O3. The minimum atomic E-state index is -1.09. The van der Waals surface area contributed by atoms with E-state index in [2.05, 4.69) is 15.6 Å². The molecule has 23 heavy (non-hydrogen) atoms. The van der Waals surface area contributed by atoms with E-state index in [1.165, 1.54) is 0 Å². The van der Waals surface area contributed by atoms with Crippen LogP contribution in [0.3, 0.4) is 0 Å². The molecule has 1 amide bonds. The second kappa shape index (κ2) is 7.04. The van der Waals surface area contributed by atoms with Crippen molar-refractivity contribution in [1.82, 2.24) is 20.3 Å². The van der Waals surface area contributed by atoms with Crippen LogP contribution < -0.4 is 5.32 Å². The average Bonchev–Trinajstić information content (AvgIpc) is 2.91. The Bertz CT molecular complexity index is 737. The fraction of sp³-hybridized carbons (Fsp3) is 0.375. The number of nitrogens with zero attached hydrogens (tertiary/aromatic N) is 3. The molecule has 0 saturated carbocycles. The lowest BCUT2D eigenvalue weighted by atomic mass is 10.1. The van der Waals surface area contributed by atoms with Crippen molar-refractivity contribution in [3.63, 3.8) is 0 Å². The zero-order chi connectivity index (χ0) is 17.0. The summed E-state index contributed by atoms with van der Waals surface area (Å²) in [4.78, 5) is 23.2. The van der Waals surface area contributed by atoms with Crippen molar-refractivity contribution in [1.29, 1.82) is 0 Å². The number of nitrogens with one attached hydrogen (secondary N) is 1. The fourth-order valence-electron chi connectivity index (χ4n) is 2.42. The molecule has 0 aliphatic carbocycles. The highest BCUT2D eigenvalue weighted by Gasteiger charge is 2.20. The van der Waals surface area contributed by atoms with Crippen molar-refractivity contribution in [2.24, 2.45) is 0 Å². The number of hydrogen-bond acceptors (Lipinski definition) is 4. The fourth-order valence-corrected chi connectivity index (χ4v) is 2.42. The summed E-state index contributed by atoms with van der Waals surface area (Å²) in [7, 11) is 0. The smallest absolute Gasteiger partial charge is 0.358 e. The highest BCUT2D eigenvalue weighted by molar-refractivity contribution is 5.94. The van der Waals surface area contributed by atoms with Crippen LogP contribution in [0.25, 0.3) is 5.69 Å². The molecule has 2 N–H and O–H groups in total. The quantitative estimate of drug-likeness (QED) is 0.849. The molecule has 2 rings (SSSR count). The summed E-state index contributed by atoms with van der Waals surface area (Å²) in [5.41, 5.74) is 2.64. The summed E-state index contributed by atoms with van der Waals surface area (Å²) in [6, 6.07) is 5.22. The van der Waals surface area contributed by atoms with Crippen molar-refractivity contribution in [3.8, 4) is 5.69 Å². The van der Waals surface area contributed by atoms with Gasteiger partial charge < -0.3 is 10.4 Å². The molecule has 0 bridgehead atoms. The van der Waals surface area contributed by atoms with Gasteiger partial charge in [0, 0.05) is 12.1 Å². The summed E-state index contributed by atoms with van der Waals surface area (Å²) in [6.45, 7) is 6.24. The van der Waals surface area contributed by atoms with E-state index in [-0.39, 0.29) is 11.6 Å². The van der Waals surface area contributed by atoms with Crippen LogP contribution in [0, 0.1) is 6.92 Å². The van der Waals surface area contributed by atoms with Gasteiger partial charge in [-0.2, -0.15) is 0 Å². The van der Waals surface area contributed by atoms with E-state index in [4.69, 9.17) is 0 Å². The molecule has 0 aliphatic heterocycles. The van der Waals surface area contributed by atoms with Crippen LogP contribution in [-0.2, 0) is 6.42 Å². The van der Waals surface area contributed by atoms with Crippen LogP contribution in [0.5, 0.6) is 0 Å². The number of amides is 1. The van der Waals surface area contributed by atoms with Crippen LogP contribution in [0.2, 0.25) is 0 Å². The average molecular weight is 316 g/mol. The molecule has 122 valence electrons. The summed E-state index contributed by atoms with van der Waals surface area (Å²) in [5.74, 6) is -1.22. The molecule has 0 radical (unpaired) electrons. The third-order valence-corrected chi connectivity index (χ3v) is 3.48. The van der Waals surface area contributed by atoms with Crippen LogP contribution in [0.4, 0.5) is 0 Å². The number of aromatic nitrogens is 3. The van der Waals surface area contributed by atoms with Crippen LogP contribution in [0.15, 0.2) is 18.2 Å². The zero-order valence-corrected chi connectivity index (χ0v) is 13.5. The van der Waals surface area contributed by atoms with E-state index in [0.29, 0.717) is 24.2 Å². The highest BCUT2D eigenvalue weighted by atomic mass is 16.4. The number of hydrogen-bond donors (Lipinski definition) is 2. The van der Waals surface area contributed by atoms with Crippen molar-refractivity contribution in [2.45, 2.75) is 33.6 Å². The molecule has 7 heteroatoms. The Morgan fingerprint density at radius 3 is 2.61 bits per heavy atom. The van der Waals surface area contributed by atoms with Gasteiger partial charge in [-0.05, 0) is 44.0 Å². The first kappa shape index (κ1) is 16.7. The third kappa shape index (κ3) is 3.39. The first-order valence-electron chi connectivity index (χ1n) is 7.56. The number of carbonyl (C=O) groups is 2. The molecule has 0 unspecified atom stereocenters. The predicted octanol–water partition coefficient (Wildman–Crippen LogP) is 1.98. The molecule has 0 fully saturated rings. The van der Waals surface area contributed by atoms with Crippen molar-refractivity contribution in [2.75, 3.05) is 6.54 Å². The van der Waals surface area contributed by atoms with Gasteiger partial charge in [-0.3, -0.25) is 4.79 Å². The molecule has 0 atom stereocenters. The molecular weight excluding hydrogens is 296 g/mol. The van der Waals surface area contributed by atoms with Crippen LogP contribution in [0.1, 0.15) is 52.4 Å². The van der Waals surface area contributed by atoms with Gasteiger partial charge in [-0.25, -0.2) is 9.48 Å². The van der Waals surface area contributed by atoms with Crippen LogP contribution >= 0.6 is 0 Å². The Hall–Kier alpha value is -2.70. The van der Waals surface area contributed by atoms with E-state index in [9.17, 15) is 14.7 Å². The second-order valence-corrected chi connectivity index (χ2v) is 5.21. The number of benzene rings is 1. The topological polar surface area (TPSA) is 97.1 Å². The van der Waals surface area contributed by atoms with E-state index < -0.39 is 5.97 Å². The minimum Gasteiger partial charge on any atom is -0.476 e. The SMILES string of the molecule is CCCc1c(C(=O)O)nnn1-c1ccc(C(=O)NCC)cc1C. The molecule has 0 saturated heterocycles. The lowest BCUT2D eigenvalue weighted by Gasteiger charge is -2.11. The summed E-state index contributed by atoms with van der Waals surface area (Å²) >= 11 is 0. The Balaban J connectivity index is 2.46. The van der Waals surface area contributed by atoms with E-state index in [0.717, 1.165) is 17.7 Å². The highest BCUT2D eigenvalue weighted by Crippen LogP contribution is 2.20. The largest absolute Gasteiger partial charge is 0.476 e. The number of carboxylic acids is 1. The van der Waals surface area contributed by atoms with Gasteiger partial charge in [0.15, 0.2) is 5.69 Å². The van der Waals surface area contributed by atoms with Gasteiger partial charge in [0.2, 0.25) is 0 Å². The van der Waals surface area contributed by atoms with Gasteiger partial charge in [0.05, 0.1) is 11.4 Å². The lowest BCUT2D eigenvalue weighted by Crippen LogP contribution is -2.22. The van der Waals surface area contributed by atoms with Gasteiger partial charge in [0.25, 0.3) is 5.91 Å². The normalized spacial score (nSPS) is 10.6. The zero-order valence-electron chi connectivity index (χ0n) is 13.5. The third-order valence-electron chi connectivity index (χ3n) is 3.48. The maximum atomic E-state index is 11.9. The van der Waals surface area contributed by atoms with Crippen LogP contribution in [-0.4, -0.2) is 38.5 Å². The summed E-state index contributed by atoms with van der Waals surface area (Å²) in [5, 5.41) is 19.7. The van der Waals surface area contributed by atoms with Gasteiger partial charge in [-0.15, -0.1) is 5.10 Å². The van der Waals surface area contributed by atoms with Crippen molar-refractivity contribution < 1.29 is 14.7 Å². The number of aromatic carboxylic acids is 1. The lowest BCUT2D eigenvalue weighted by molar-refractivity contribution is 0.0689.